The van der Waals surface area contributed by atoms with Crippen molar-refractivity contribution in [1.82, 2.24) is 9.97 Å². The molecule has 1 aromatic heterocycles. The number of fused-ring (bicyclic) bond motifs is 1. The van der Waals surface area contributed by atoms with E-state index < -0.39 is 9.84 Å². The maximum Gasteiger partial charge on any atom is 0.255 e. The molecule has 1 heterocycles. The molecule has 1 amide bonds. The fourth-order valence-corrected chi connectivity index (χ4v) is 3.76. The minimum absolute atomic E-state index is 0.160. The van der Waals surface area contributed by atoms with Crippen LogP contribution in [0.1, 0.15) is 10.4 Å². The van der Waals surface area contributed by atoms with Crippen molar-refractivity contribution >= 4 is 44.1 Å². The second-order valence-electron chi connectivity index (χ2n) is 6.55. The number of imidazole rings is 1. The van der Waals surface area contributed by atoms with Crippen molar-refractivity contribution in [2.45, 2.75) is 4.90 Å². The summed E-state index contributed by atoms with van der Waals surface area (Å²) in [5.74, 6) is 0.243. The molecule has 0 aliphatic carbocycles. The summed E-state index contributed by atoms with van der Waals surface area (Å²) in [7, 11) is -3.31. The maximum absolute atomic E-state index is 12.5. The van der Waals surface area contributed by atoms with Crippen molar-refractivity contribution in [1.29, 1.82) is 0 Å². The maximum atomic E-state index is 12.5. The van der Waals surface area contributed by atoms with Crippen molar-refractivity contribution in [3.63, 3.8) is 0 Å². The van der Waals surface area contributed by atoms with Crippen LogP contribution in [0.2, 0.25) is 5.02 Å². The third kappa shape index (κ3) is 4.01. The van der Waals surface area contributed by atoms with E-state index in [4.69, 9.17) is 11.6 Å². The number of aromatic nitrogens is 2. The Kier molecular flexibility index (Phi) is 4.86. The number of aromatic amines is 1. The van der Waals surface area contributed by atoms with Crippen LogP contribution in [0.25, 0.3) is 22.4 Å². The predicted octanol–water partition coefficient (Wildman–Crippen LogP) is 4.54. The van der Waals surface area contributed by atoms with Gasteiger partial charge in [-0.25, -0.2) is 13.4 Å². The molecule has 0 saturated carbocycles. The molecule has 2 N–H and O–H groups in total. The number of sulfone groups is 1. The predicted molar refractivity (Wildman–Crippen MR) is 114 cm³/mol. The van der Waals surface area contributed by atoms with Crippen molar-refractivity contribution < 1.29 is 13.2 Å². The van der Waals surface area contributed by atoms with Crippen LogP contribution < -0.4 is 5.32 Å². The number of anilines is 1. The van der Waals surface area contributed by atoms with Gasteiger partial charge in [-0.1, -0.05) is 23.7 Å². The Morgan fingerprint density at radius 3 is 2.45 bits per heavy atom. The highest BCUT2D eigenvalue weighted by Crippen LogP contribution is 2.30. The second kappa shape index (κ2) is 7.35. The van der Waals surface area contributed by atoms with E-state index in [1.54, 1.807) is 18.2 Å². The lowest BCUT2D eigenvalue weighted by molar-refractivity contribution is 0.102. The first-order valence-electron chi connectivity index (χ1n) is 8.67. The van der Waals surface area contributed by atoms with E-state index >= 15 is 0 Å². The number of hydrogen-bond donors (Lipinski definition) is 2. The lowest BCUT2D eigenvalue weighted by Crippen LogP contribution is -2.12. The summed E-state index contributed by atoms with van der Waals surface area (Å²) < 4.78 is 23.1. The summed E-state index contributed by atoms with van der Waals surface area (Å²) in [6, 6.07) is 18.5. The third-order valence-corrected chi connectivity index (χ3v) is 5.87. The molecule has 146 valence electrons. The SMILES string of the molecule is CS(=O)(=O)c1ccc(C(=O)Nc2ccc(Cl)c(-c3nc4ccccc4[nH]3)c2)cc1. The minimum atomic E-state index is -3.31. The molecule has 0 spiro atoms. The summed E-state index contributed by atoms with van der Waals surface area (Å²) in [6.07, 6.45) is 1.12. The van der Waals surface area contributed by atoms with E-state index in [1.807, 2.05) is 24.3 Å². The number of H-pyrrole nitrogens is 1. The first-order chi connectivity index (χ1) is 13.8. The molecule has 0 aliphatic rings. The van der Waals surface area contributed by atoms with Crippen LogP contribution in [-0.4, -0.2) is 30.5 Å². The number of hydrogen-bond acceptors (Lipinski definition) is 4. The van der Waals surface area contributed by atoms with Gasteiger partial charge in [-0.2, -0.15) is 0 Å². The standard InChI is InChI=1S/C21H16ClN3O3S/c1-29(27,28)15-9-6-13(7-10-15)21(26)23-14-8-11-17(22)16(12-14)20-24-18-4-2-3-5-19(18)25-20/h2-12H,1H3,(H,23,26)(H,24,25). The number of benzene rings is 3. The van der Waals surface area contributed by atoms with Crippen LogP contribution in [0, 0.1) is 0 Å². The van der Waals surface area contributed by atoms with Gasteiger partial charge in [0.15, 0.2) is 9.84 Å². The Morgan fingerprint density at radius 2 is 1.76 bits per heavy atom. The molecule has 0 aliphatic heterocycles. The van der Waals surface area contributed by atoms with E-state index in [9.17, 15) is 13.2 Å². The monoisotopic (exact) mass is 425 g/mol. The van der Waals surface area contributed by atoms with E-state index in [2.05, 4.69) is 15.3 Å². The minimum Gasteiger partial charge on any atom is -0.338 e. The van der Waals surface area contributed by atoms with Crippen LogP contribution in [0.15, 0.2) is 71.6 Å². The largest absolute Gasteiger partial charge is 0.338 e. The van der Waals surface area contributed by atoms with Gasteiger partial charge in [-0.15, -0.1) is 0 Å². The van der Waals surface area contributed by atoms with Gasteiger partial charge in [0.25, 0.3) is 5.91 Å². The highest BCUT2D eigenvalue weighted by molar-refractivity contribution is 7.90. The van der Waals surface area contributed by atoms with E-state index in [-0.39, 0.29) is 10.8 Å². The average Bonchev–Trinajstić information content (AvgIpc) is 3.13. The third-order valence-electron chi connectivity index (χ3n) is 4.41. The van der Waals surface area contributed by atoms with Crippen LogP contribution in [-0.2, 0) is 9.84 Å². The molecule has 29 heavy (non-hydrogen) atoms. The van der Waals surface area contributed by atoms with Gasteiger partial charge in [0.05, 0.1) is 21.0 Å². The fraction of sp³-hybridized carbons (Fsp3) is 0.0476. The molecule has 0 saturated heterocycles. The molecule has 0 atom stereocenters. The summed E-state index contributed by atoms with van der Waals surface area (Å²) in [6.45, 7) is 0. The number of rotatable bonds is 4. The number of amides is 1. The Balaban J connectivity index is 1.61. The van der Waals surface area contributed by atoms with Crippen LogP contribution in [0.3, 0.4) is 0 Å². The average molecular weight is 426 g/mol. The van der Waals surface area contributed by atoms with Crippen molar-refractivity contribution in [2.75, 3.05) is 11.6 Å². The summed E-state index contributed by atoms with van der Waals surface area (Å²) >= 11 is 6.34. The molecule has 4 rings (SSSR count). The van der Waals surface area contributed by atoms with Crippen molar-refractivity contribution in [3.8, 4) is 11.4 Å². The second-order valence-corrected chi connectivity index (χ2v) is 8.97. The molecule has 8 heteroatoms. The highest BCUT2D eigenvalue weighted by Gasteiger charge is 2.13. The molecule has 0 bridgehead atoms. The smallest absolute Gasteiger partial charge is 0.255 e. The Morgan fingerprint density at radius 1 is 1.03 bits per heavy atom. The number of carbonyl (C=O) groups excluding carboxylic acids is 1. The van der Waals surface area contributed by atoms with E-state index in [0.717, 1.165) is 17.3 Å². The Hall–Kier alpha value is -3.16. The number of carbonyl (C=O) groups is 1. The quantitative estimate of drug-likeness (QED) is 0.502. The van der Waals surface area contributed by atoms with Crippen molar-refractivity contribution in [2.24, 2.45) is 0 Å². The molecule has 4 aromatic rings. The first kappa shape index (κ1) is 19.2. The van der Waals surface area contributed by atoms with E-state index in [1.165, 1.54) is 24.3 Å². The molecular formula is C21H16ClN3O3S. The first-order valence-corrected chi connectivity index (χ1v) is 10.9. The molecule has 0 unspecified atom stereocenters. The zero-order chi connectivity index (χ0) is 20.6. The highest BCUT2D eigenvalue weighted by atomic mass is 35.5. The Bertz CT molecular complexity index is 1300. The molecule has 6 nitrogen and oxygen atoms in total. The zero-order valence-electron chi connectivity index (χ0n) is 15.3. The molecule has 0 radical (unpaired) electrons. The van der Waals surface area contributed by atoms with Crippen molar-refractivity contribution in [3.05, 3.63) is 77.3 Å². The van der Waals surface area contributed by atoms with Gasteiger partial charge in [0.2, 0.25) is 0 Å². The lowest BCUT2D eigenvalue weighted by atomic mass is 10.1. The fourth-order valence-electron chi connectivity index (χ4n) is 2.92. The van der Waals surface area contributed by atoms with Gasteiger partial charge >= 0.3 is 0 Å². The van der Waals surface area contributed by atoms with Gasteiger partial charge in [-0.3, -0.25) is 4.79 Å². The van der Waals surface area contributed by atoms with Gasteiger partial charge in [0.1, 0.15) is 5.82 Å². The molecule has 0 fully saturated rings. The van der Waals surface area contributed by atoms with E-state index in [0.29, 0.717) is 27.7 Å². The Labute approximate surface area is 172 Å². The van der Waals surface area contributed by atoms with Gasteiger partial charge in [0, 0.05) is 23.1 Å². The number of para-hydroxylation sites is 2. The summed E-state index contributed by atoms with van der Waals surface area (Å²) in [5, 5.41) is 3.30. The molecular weight excluding hydrogens is 410 g/mol. The number of nitrogens with one attached hydrogen (secondary N) is 2. The molecule has 3 aromatic carbocycles. The zero-order valence-corrected chi connectivity index (χ0v) is 16.9. The lowest BCUT2D eigenvalue weighted by Gasteiger charge is -2.08. The summed E-state index contributed by atoms with van der Waals surface area (Å²) in [4.78, 5) is 20.5. The topological polar surface area (TPSA) is 91.9 Å². The van der Waals surface area contributed by atoms with Gasteiger partial charge in [-0.05, 0) is 54.6 Å². The normalized spacial score (nSPS) is 11.5. The number of nitrogens with zero attached hydrogens (tertiary/aromatic N) is 1. The number of halogens is 1. The van der Waals surface area contributed by atoms with Crippen LogP contribution in [0.4, 0.5) is 5.69 Å². The van der Waals surface area contributed by atoms with Crippen LogP contribution in [0.5, 0.6) is 0 Å². The van der Waals surface area contributed by atoms with Crippen LogP contribution >= 0.6 is 11.6 Å². The van der Waals surface area contributed by atoms with Gasteiger partial charge < -0.3 is 10.3 Å². The summed E-state index contributed by atoms with van der Waals surface area (Å²) in [5.41, 5.74) is 3.26.